The first kappa shape index (κ1) is 31.7. The molecule has 0 aliphatic heterocycles. The van der Waals surface area contributed by atoms with Crippen molar-refractivity contribution < 1.29 is 56.7 Å². The zero-order valence-corrected chi connectivity index (χ0v) is 22.2. The molecule has 0 saturated carbocycles. The van der Waals surface area contributed by atoms with E-state index in [-0.39, 0.29) is 49.3 Å². The van der Waals surface area contributed by atoms with Gasteiger partial charge in [0.2, 0.25) is 0 Å². The minimum Gasteiger partial charge on any atom is -0.393 e. The van der Waals surface area contributed by atoms with Gasteiger partial charge in [0.25, 0.3) is 0 Å². The molecule has 1 aromatic heterocycles. The molecule has 0 aliphatic rings. The van der Waals surface area contributed by atoms with Crippen molar-refractivity contribution in [2.24, 2.45) is 0 Å². The third-order valence-electron chi connectivity index (χ3n) is 4.87. The van der Waals surface area contributed by atoms with Gasteiger partial charge in [-0.15, -0.1) is 29.8 Å². The Bertz CT molecular complexity index is 1030. The molecule has 3 rings (SSSR count). The number of aryl methyl sites for hydroxylation is 2. The number of nitrogens with zero attached hydrogens (tertiary/aromatic N) is 2. The van der Waals surface area contributed by atoms with Crippen LogP contribution in [0.4, 0.5) is 26.3 Å². The molecule has 0 aliphatic carbocycles. The second kappa shape index (κ2) is 12.8. The first-order chi connectivity index (χ1) is 16.1. The molecular formula is C25H25F6IrN2O2-. The van der Waals surface area contributed by atoms with Gasteiger partial charge in [-0.05, 0) is 57.4 Å². The van der Waals surface area contributed by atoms with Crippen molar-refractivity contribution in [1.29, 1.82) is 0 Å². The fourth-order valence-electron chi connectivity index (χ4n) is 3.05. The Morgan fingerprint density at radius 1 is 0.750 bits per heavy atom. The molecule has 199 valence electrons. The summed E-state index contributed by atoms with van der Waals surface area (Å²) in [7, 11) is 0. The number of hydrogen-bond donors (Lipinski definition) is 2. The number of aliphatic hydroxyl groups is 2. The predicted octanol–water partition coefficient (Wildman–Crippen LogP) is 6.40. The van der Waals surface area contributed by atoms with E-state index < -0.39 is 23.5 Å². The zero-order valence-electron chi connectivity index (χ0n) is 19.8. The molecule has 11 heteroatoms. The first-order valence-corrected chi connectivity index (χ1v) is 10.6. The minimum atomic E-state index is -4.50. The summed E-state index contributed by atoms with van der Waals surface area (Å²) in [6, 6.07) is 9.84. The fraction of sp³-hybridized carbons (Fsp3) is 0.360. The summed E-state index contributed by atoms with van der Waals surface area (Å²) in [5.41, 5.74) is 0.596. The van der Waals surface area contributed by atoms with Crippen LogP contribution in [-0.4, -0.2) is 32.4 Å². The van der Waals surface area contributed by atoms with E-state index in [0.29, 0.717) is 23.4 Å². The number of alkyl halides is 6. The number of rotatable bonds is 4. The van der Waals surface area contributed by atoms with Gasteiger partial charge in [0.15, 0.2) is 0 Å². The van der Waals surface area contributed by atoms with Crippen molar-refractivity contribution in [1.82, 2.24) is 9.97 Å². The summed E-state index contributed by atoms with van der Waals surface area (Å²) in [5.74, 6) is 0. The molecule has 0 amide bonds. The molecule has 2 unspecified atom stereocenters. The number of aliphatic hydroxyl groups excluding tert-OH is 2. The van der Waals surface area contributed by atoms with Gasteiger partial charge in [-0.2, -0.15) is 26.3 Å². The number of hydrogen-bond acceptors (Lipinski definition) is 4. The van der Waals surface area contributed by atoms with Gasteiger partial charge in [-0.1, -0.05) is 12.1 Å². The molecule has 36 heavy (non-hydrogen) atoms. The maximum absolute atomic E-state index is 12.8. The SMILES string of the molecule is CC(O)CC(C)O.Cc1nc(-c2[c-]cc(C(F)(F)F)cc2)c(-c2ccc(C(F)(F)F)cc2)nc1C.[Ir]. The van der Waals surface area contributed by atoms with Crippen molar-refractivity contribution in [3.63, 3.8) is 0 Å². The molecule has 2 N–H and O–H groups in total. The van der Waals surface area contributed by atoms with Crippen molar-refractivity contribution >= 4 is 0 Å². The van der Waals surface area contributed by atoms with Crippen LogP contribution in [0.15, 0.2) is 42.5 Å². The van der Waals surface area contributed by atoms with E-state index in [1.54, 1.807) is 27.7 Å². The zero-order chi connectivity index (χ0) is 26.6. The van der Waals surface area contributed by atoms with E-state index in [1.165, 1.54) is 18.2 Å². The molecule has 1 heterocycles. The number of aromatic nitrogens is 2. The van der Waals surface area contributed by atoms with E-state index in [2.05, 4.69) is 16.0 Å². The van der Waals surface area contributed by atoms with Crippen LogP contribution in [0.3, 0.4) is 0 Å². The summed E-state index contributed by atoms with van der Waals surface area (Å²) in [6.45, 7) is 6.70. The van der Waals surface area contributed by atoms with E-state index in [0.717, 1.165) is 24.3 Å². The van der Waals surface area contributed by atoms with E-state index in [9.17, 15) is 26.3 Å². The Morgan fingerprint density at radius 2 is 1.19 bits per heavy atom. The van der Waals surface area contributed by atoms with Gasteiger partial charge in [0.1, 0.15) is 0 Å². The quantitative estimate of drug-likeness (QED) is 0.246. The predicted molar refractivity (Wildman–Crippen MR) is 119 cm³/mol. The summed E-state index contributed by atoms with van der Waals surface area (Å²) in [5, 5.41) is 17.1. The van der Waals surface area contributed by atoms with E-state index in [1.807, 2.05) is 0 Å². The molecule has 0 fully saturated rings. The molecule has 3 aromatic rings. The van der Waals surface area contributed by atoms with E-state index in [4.69, 9.17) is 10.2 Å². The van der Waals surface area contributed by atoms with Crippen LogP contribution in [0.2, 0.25) is 0 Å². The summed E-state index contributed by atoms with van der Waals surface area (Å²) in [6.07, 6.45) is -9.25. The second-order valence-corrected chi connectivity index (χ2v) is 8.09. The Kier molecular flexibility index (Phi) is 11.2. The molecule has 0 bridgehead atoms. The van der Waals surface area contributed by atoms with Gasteiger partial charge in [0.05, 0.1) is 29.2 Å². The van der Waals surface area contributed by atoms with Gasteiger partial charge >= 0.3 is 12.4 Å². The smallest absolute Gasteiger partial charge is 0.393 e. The number of benzene rings is 2. The monoisotopic (exact) mass is 692 g/mol. The first-order valence-electron chi connectivity index (χ1n) is 10.6. The van der Waals surface area contributed by atoms with Gasteiger partial charge < -0.3 is 10.2 Å². The topological polar surface area (TPSA) is 66.2 Å². The molecule has 2 atom stereocenters. The van der Waals surface area contributed by atoms with E-state index >= 15 is 0 Å². The summed E-state index contributed by atoms with van der Waals surface area (Å²) < 4.78 is 76.7. The Hall–Kier alpha value is -2.33. The summed E-state index contributed by atoms with van der Waals surface area (Å²) in [4.78, 5) is 8.78. The average molecular weight is 692 g/mol. The van der Waals surface area contributed by atoms with Crippen LogP contribution in [-0.2, 0) is 32.5 Å². The van der Waals surface area contributed by atoms with Crippen LogP contribution in [0, 0.1) is 19.9 Å². The standard InChI is InChI=1S/C20H13F6N2.C5H12O2.Ir/c1-11-12(2)28-18(14-5-9-16(10-6-14)20(24,25)26)17(27-11)13-3-7-15(8-4-13)19(21,22)23;1-4(6)3-5(2)7;/h3-5,7-10H,1-2H3;4-7H,3H2,1-2H3;/q-1;;. The van der Waals surface area contributed by atoms with Crippen molar-refractivity contribution in [2.75, 3.05) is 0 Å². The number of halogens is 6. The fourth-order valence-corrected chi connectivity index (χ4v) is 3.05. The molecule has 1 radical (unpaired) electrons. The Labute approximate surface area is 218 Å². The van der Waals surface area contributed by atoms with Crippen molar-refractivity contribution in [3.8, 4) is 22.5 Å². The van der Waals surface area contributed by atoms with Crippen LogP contribution < -0.4 is 0 Å². The Morgan fingerprint density at radius 3 is 1.56 bits per heavy atom. The van der Waals surface area contributed by atoms with Crippen LogP contribution in [0.5, 0.6) is 0 Å². The Balaban J connectivity index is 0.000000712. The van der Waals surface area contributed by atoms with Gasteiger partial charge in [0, 0.05) is 31.5 Å². The second-order valence-electron chi connectivity index (χ2n) is 8.09. The molecular weight excluding hydrogens is 666 g/mol. The molecule has 0 spiro atoms. The van der Waals surface area contributed by atoms with Gasteiger partial charge in [-0.3, -0.25) is 9.97 Å². The molecule has 2 aromatic carbocycles. The third-order valence-corrected chi connectivity index (χ3v) is 4.87. The summed E-state index contributed by atoms with van der Waals surface area (Å²) >= 11 is 0. The van der Waals surface area contributed by atoms with Crippen LogP contribution in [0.25, 0.3) is 22.5 Å². The van der Waals surface area contributed by atoms with Crippen molar-refractivity contribution in [2.45, 2.75) is 58.7 Å². The molecule has 0 saturated heterocycles. The molecule has 4 nitrogen and oxygen atoms in total. The normalized spacial score (nSPS) is 13.2. The van der Waals surface area contributed by atoms with Crippen molar-refractivity contribution in [3.05, 3.63) is 71.0 Å². The maximum Gasteiger partial charge on any atom is 0.416 e. The van der Waals surface area contributed by atoms with Gasteiger partial charge in [-0.25, -0.2) is 0 Å². The van der Waals surface area contributed by atoms with Crippen LogP contribution >= 0.6 is 0 Å². The minimum absolute atomic E-state index is 0. The largest absolute Gasteiger partial charge is 0.416 e. The third kappa shape index (κ3) is 8.96. The maximum atomic E-state index is 12.8. The average Bonchev–Trinajstić information content (AvgIpc) is 2.74. The van der Waals surface area contributed by atoms with Crippen LogP contribution in [0.1, 0.15) is 42.8 Å².